The zero-order valence-electron chi connectivity index (χ0n) is 21.4. The molecular weight excluding hydrogens is 458 g/mol. The van der Waals surface area contributed by atoms with Crippen LogP contribution >= 0.6 is 0 Å². The van der Waals surface area contributed by atoms with Crippen LogP contribution in [-0.2, 0) is 4.74 Å². The average molecular weight is 492 g/mol. The van der Waals surface area contributed by atoms with Gasteiger partial charge in [0.15, 0.2) is 0 Å². The summed E-state index contributed by atoms with van der Waals surface area (Å²) in [5.41, 5.74) is 5.46. The van der Waals surface area contributed by atoms with Crippen LogP contribution in [0.1, 0.15) is 76.7 Å². The van der Waals surface area contributed by atoms with Crippen LogP contribution in [0.5, 0.6) is 5.75 Å². The van der Waals surface area contributed by atoms with Gasteiger partial charge in [0.25, 0.3) is 0 Å². The van der Waals surface area contributed by atoms with Gasteiger partial charge in [-0.05, 0) is 71.7 Å². The molecule has 4 heteroatoms. The molecule has 0 amide bonds. The van der Waals surface area contributed by atoms with Crippen molar-refractivity contribution < 1.29 is 14.3 Å². The first-order valence-corrected chi connectivity index (χ1v) is 13.3. The summed E-state index contributed by atoms with van der Waals surface area (Å²) in [6.45, 7) is 2.95. The van der Waals surface area contributed by atoms with Gasteiger partial charge in [0.2, 0.25) is 0 Å². The molecule has 1 saturated carbocycles. The third-order valence-corrected chi connectivity index (χ3v) is 7.93. The van der Waals surface area contributed by atoms with Gasteiger partial charge in [0.05, 0.1) is 12.7 Å². The van der Waals surface area contributed by atoms with Crippen LogP contribution in [0, 0.1) is 0 Å². The first kappa shape index (κ1) is 23.7. The van der Waals surface area contributed by atoms with E-state index in [1.165, 1.54) is 29.0 Å². The third kappa shape index (κ3) is 4.74. The Morgan fingerprint density at radius 1 is 0.973 bits per heavy atom. The lowest BCUT2D eigenvalue weighted by Gasteiger charge is -2.33. The van der Waals surface area contributed by atoms with Crippen LogP contribution in [-0.4, -0.2) is 25.7 Å². The molecule has 2 aliphatic rings. The molecule has 4 aromatic rings. The van der Waals surface area contributed by atoms with Gasteiger partial charge in [0, 0.05) is 24.1 Å². The van der Waals surface area contributed by atoms with Gasteiger partial charge in [-0.15, -0.1) is 0 Å². The molecule has 4 nitrogen and oxygen atoms in total. The number of ether oxygens (including phenoxy) is 2. The van der Waals surface area contributed by atoms with Crippen molar-refractivity contribution in [2.45, 2.75) is 50.2 Å². The van der Waals surface area contributed by atoms with Crippen molar-refractivity contribution in [3.05, 3.63) is 113 Å². The third-order valence-electron chi connectivity index (χ3n) is 7.93. The van der Waals surface area contributed by atoms with E-state index in [0.717, 1.165) is 42.7 Å². The number of carbonyl (C=O) groups is 1. The van der Waals surface area contributed by atoms with Crippen LogP contribution < -0.4 is 10.1 Å². The summed E-state index contributed by atoms with van der Waals surface area (Å²) in [4.78, 5) is 12.7. The van der Waals surface area contributed by atoms with Gasteiger partial charge < -0.3 is 14.8 Å². The number of esters is 1. The van der Waals surface area contributed by atoms with Crippen LogP contribution in [0.4, 0.5) is 0 Å². The monoisotopic (exact) mass is 491 g/mol. The van der Waals surface area contributed by atoms with Gasteiger partial charge in [-0.2, -0.15) is 0 Å². The molecule has 37 heavy (non-hydrogen) atoms. The maximum Gasteiger partial charge on any atom is 0.338 e. The van der Waals surface area contributed by atoms with E-state index in [1.807, 2.05) is 6.07 Å². The topological polar surface area (TPSA) is 47.6 Å². The standard InChI is InChI=1S/C33H33NO3/c1-21(26-12-7-9-22-8-3-4-10-27(22)26)34-20-25-19-30(29-11-5-6-13-32(29)37-25)24-16-17-28(23-14-15-23)31(18-24)33(35)36-2/h3-13,16-18,21,23,25,30,34H,14-15,19-20H2,1-2H3/t21?,25-,30-/m1/s1. The van der Waals surface area contributed by atoms with Crippen LogP contribution in [0.3, 0.4) is 0 Å². The van der Waals surface area contributed by atoms with E-state index in [2.05, 4.69) is 91.1 Å². The fraction of sp³-hybridized carbons (Fsp3) is 0.303. The Kier molecular flexibility index (Phi) is 6.43. The van der Waals surface area contributed by atoms with Gasteiger partial charge in [-0.1, -0.05) is 72.8 Å². The number of para-hydroxylation sites is 1. The molecular formula is C33H33NO3. The summed E-state index contributed by atoms with van der Waals surface area (Å²) >= 11 is 0. The number of fused-ring (bicyclic) bond motifs is 2. The van der Waals surface area contributed by atoms with Crippen molar-refractivity contribution in [2.24, 2.45) is 0 Å². The van der Waals surface area contributed by atoms with E-state index in [-0.39, 0.29) is 24.0 Å². The van der Waals surface area contributed by atoms with Crippen molar-refractivity contribution in [3.8, 4) is 5.75 Å². The first-order chi connectivity index (χ1) is 18.1. The predicted octanol–water partition coefficient (Wildman–Crippen LogP) is 7.14. The molecule has 0 saturated heterocycles. The van der Waals surface area contributed by atoms with Gasteiger partial charge in [-0.25, -0.2) is 4.79 Å². The zero-order valence-corrected chi connectivity index (χ0v) is 21.4. The normalized spacial score (nSPS) is 19.6. The van der Waals surface area contributed by atoms with E-state index in [9.17, 15) is 4.79 Å². The van der Waals surface area contributed by atoms with E-state index < -0.39 is 0 Å². The number of methoxy groups -OCH3 is 1. The summed E-state index contributed by atoms with van der Waals surface area (Å²) in [6.07, 6.45) is 3.15. The fourth-order valence-corrected chi connectivity index (χ4v) is 5.81. The second kappa shape index (κ2) is 10.0. The molecule has 1 unspecified atom stereocenters. The Bertz CT molecular complexity index is 1440. The summed E-state index contributed by atoms with van der Waals surface area (Å²) < 4.78 is 11.6. The quantitative estimate of drug-likeness (QED) is 0.279. The lowest BCUT2D eigenvalue weighted by Crippen LogP contribution is -2.37. The molecule has 0 radical (unpaired) electrons. The second-order valence-corrected chi connectivity index (χ2v) is 10.4. The van der Waals surface area contributed by atoms with E-state index >= 15 is 0 Å². The van der Waals surface area contributed by atoms with Gasteiger partial charge in [-0.3, -0.25) is 0 Å². The maximum absolute atomic E-state index is 12.7. The first-order valence-electron chi connectivity index (χ1n) is 13.3. The van der Waals surface area contributed by atoms with Gasteiger partial charge in [0.1, 0.15) is 11.9 Å². The fourth-order valence-electron chi connectivity index (χ4n) is 5.81. The Labute approximate surface area is 218 Å². The average Bonchev–Trinajstić information content (AvgIpc) is 3.80. The summed E-state index contributed by atoms with van der Waals surface area (Å²) in [6, 6.07) is 29.9. The van der Waals surface area contributed by atoms with Crippen molar-refractivity contribution in [1.82, 2.24) is 5.32 Å². The SMILES string of the molecule is COC(=O)c1cc([C@H]2C[C@H](CNC(C)c3cccc4ccccc34)Oc3ccccc32)ccc1C1CC1. The van der Waals surface area contributed by atoms with Crippen molar-refractivity contribution in [1.29, 1.82) is 0 Å². The zero-order chi connectivity index (χ0) is 25.4. The molecule has 1 N–H and O–H groups in total. The highest BCUT2D eigenvalue weighted by Gasteiger charge is 2.33. The molecule has 1 aliphatic carbocycles. The Morgan fingerprint density at radius 2 is 1.76 bits per heavy atom. The second-order valence-electron chi connectivity index (χ2n) is 10.4. The highest BCUT2D eigenvalue weighted by atomic mass is 16.5. The largest absolute Gasteiger partial charge is 0.489 e. The number of carbonyl (C=O) groups excluding carboxylic acids is 1. The molecule has 3 atom stereocenters. The van der Waals surface area contributed by atoms with Gasteiger partial charge >= 0.3 is 5.97 Å². The molecule has 188 valence electrons. The number of nitrogens with one attached hydrogen (secondary N) is 1. The Morgan fingerprint density at radius 3 is 2.59 bits per heavy atom. The Balaban J connectivity index is 1.26. The minimum Gasteiger partial charge on any atom is -0.489 e. The van der Waals surface area contributed by atoms with Crippen molar-refractivity contribution in [3.63, 3.8) is 0 Å². The summed E-state index contributed by atoms with van der Waals surface area (Å²) in [5, 5.41) is 6.27. The predicted molar refractivity (Wildman–Crippen MR) is 147 cm³/mol. The minimum atomic E-state index is -0.244. The van der Waals surface area contributed by atoms with Crippen LogP contribution in [0.2, 0.25) is 0 Å². The molecule has 0 spiro atoms. The lowest BCUT2D eigenvalue weighted by molar-refractivity contribution is 0.0599. The summed E-state index contributed by atoms with van der Waals surface area (Å²) in [5.74, 6) is 1.32. The van der Waals surface area contributed by atoms with E-state index in [4.69, 9.17) is 9.47 Å². The Hall–Kier alpha value is -3.63. The molecule has 4 aromatic carbocycles. The lowest BCUT2D eigenvalue weighted by atomic mass is 9.82. The van der Waals surface area contributed by atoms with E-state index in [1.54, 1.807) is 0 Å². The molecule has 1 fully saturated rings. The smallest absolute Gasteiger partial charge is 0.338 e. The van der Waals surface area contributed by atoms with Crippen LogP contribution in [0.15, 0.2) is 84.9 Å². The number of hydrogen-bond acceptors (Lipinski definition) is 4. The molecule has 0 bridgehead atoms. The minimum absolute atomic E-state index is 0.0158. The molecule has 6 rings (SSSR count). The van der Waals surface area contributed by atoms with Crippen molar-refractivity contribution >= 4 is 16.7 Å². The molecule has 1 aliphatic heterocycles. The van der Waals surface area contributed by atoms with E-state index in [0.29, 0.717) is 11.5 Å². The molecule has 0 aromatic heterocycles. The summed E-state index contributed by atoms with van der Waals surface area (Å²) in [7, 11) is 1.47. The molecule has 1 heterocycles. The number of hydrogen-bond donors (Lipinski definition) is 1. The number of benzene rings is 4. The van der Waals surface area contributed by atoms with Crippen molar-refractivity contribution in [2.75, 3.05) is 13.7 Å². The maximum atomic E-state index is 12.7. The number of rotatable bonds is 7. The highest BCUT2D eigenvalue weighted by molar-refractivity contribution is 5.91. The van der Waals surface area contributed by atoms with Crippen LogP contribution in [0.25, 0.3) is 10.8 Å². The highest BCUT2D eigenvalue weighted by Crippen LogP contribution is 2.45.